The minimum Gasteiger partial charge on any atom is -0.421 e. The summed E-state index contributed by atoms with van der Waals surface area (Å²) in [5, 5.41) is 1.70. The van der Waals surface area contributed by atoms with Crippen LogP contribution < -0.4 is 5.63 Å². The van der Waals surface area contributed by atoms with Crippen molar-refractivity contribution in [1.29, 1.82) is 0 Å². The highest BCUT2D eigenvalue weighted by molar-refractivity contribution is 7.98. The summed E-state index contributed by atoms with van der Waals surface area (Å²) in [4.78, 5) is 20.4. The van der Waals surface area contributed by atoms with Gasteiger partial charge in [-0.1, -0.05) is 35.5 Å². The van der Waals surface area contributed by atoms with Crippen molar-refractivity contribution in [3.8, 4) is 11.3 Å². The van der Waals surface area contributed by atoms with Crippen molar-refractivity contribution in [3.05, 3.63) is 52.0 Å². The maximum absolute atomic E-state index is 12.0. The molecule has 0 radical (unpaired) electrons. The lowest BCUT2D eigenvalue weighted by Gasteiger charge is -2.04. The van der Waals surface area contributed by atoms with E-state index in [0.717, 1.165) is 0 Å². The first-order valence-electron chi connectivity index (χ1n) is 5.79. The van der Waals surface area contributed by atoms with Crippen LogP contribution in [0.1, 0.15) is 0 Å². The van der Waals surface area contributed by atoms with E-state index in [1.807, 2.05) is 18.4 Å². The molecule has 0 aliphatic rings. The number of benzene rings is 1. The Morgan fingerprint density at radius 2 is 2.10 bits per heavy atom. The van der Waals surface area contributed by atoms with Gasteiger partial charge in [0.05, 0.1) is 5.02 Å². The minimum atomic E-state index is -0.491. The van der Waals surface area contributed by atoms with Crippen LogP contribution in [0.2, 0.25) is 5.02 Å². The summed E-state index contributed by atoms with van der Waals surface area (Å²) in [6.45, 7) is 0. The van der Waals surface area contributed by atoms with Gasteiger partial charge in [-0.2, -0.15) is 0 Å². The van der Waals surface area contributed by atoms with Crippen molar-refractivity contribution in [1.82, 2.24) is 9.97 Å². The molecule has 0 spiro atoms. The largest absolute Gasteiger partial charge is 0.421 e. The summed E-state index contributed by atoms with van der Waals surface area (Å²) in [6, 6.07) is 8.91. The molecule has 0 aliphatic carbocycles. The summed E-state index contributed by atoms with van der Waals surface area (Å²) in [5.74, 6) is 0.411. The van der Waals surface area contributed by atoms with Gasteiger partial charge in [0.2, 0.25) is 0 Å². The van der Waals surface area contributed by atoms with Crippen molar-refractivity contribution in [2.75, 3.05) is 6.26 Å². The molecule has 20 heavy (non-hydrogen) atoms. The van der Waals surface area contributed by atoms with Crippen LogP contribution in [0, 0.1) is 0 Å². The highest BCUT2D eigenvalue weighted by atomic mass is 35.5. The summed E-state index contributed by atoms with van der Waals surface area (Å²) >= 11 is 7.48. The predicted octanol–water partition coefficient (Wildman–Crippen LogP) is 3.63. The van der Waals surface area contributed by atoms with E-state index in [1.165, 1.54) is 11.8 Å². The van der Waals surface area contributed by atoms with Gasteiger partial charge >= 0.3 is 5.63 Å². The molecule has 0 bridgehead atoms. The molecule has 4 nitrogen and oxygen atoms in total. The first-order valence-corrected chi connectivity index (χ1v) is 7.39. The lowest BCUT2D eigenvalue weighted by molar-refractivity contribution is 0.532. The second kappa shape index (κ2) is 5.26. The van der Waals surface area contributed by atoms with Crippen LogP contribution in [-0.2, 0) is 0 Å². The zero-order chi connectivity index (χ0) is 14.1. The Morgan fingerprint density at radius 3 is 2.85 bits per heavy atom. The van der Waals surface area contributed by atoms with E-state index in [4.69, 9.17) is 16.0 Å². The SMILES string of the molecule is CSc1ncc2cc(-c3ccccc3Cl)oc(=O)c2n1. The molecule has 3 aromatic rings. The Morgan fingerprint density at radius 1 is 1.30 bits per heavy atom. The number of nitrogens with zero attached hydrogens (tertiary/aromatic N) is 2. The molecule has 0 amide bonds. The topological polar surface area (TPSA) is 56.0 Å². The second-order valence-electron chi connectivity index (χ2n) is 4.04. The van der Waals surface area contributed by atoms with Crippen LogP contribution in [-0.4, -0.2) is 16.2 Å². The van der Waals surface area contributed by atoms with Gasteiger partial charge in [-0.25, -0.2) is 14.8 Å². The van der Waals surface area contributed by atoms with E-state index in [1.54, 1.807) is 24.4 Å². The number of hydrogen-bond donors (Lipinski definition) is 0. The molecule has 3 rings (SSSR count). The van der Waals surface area contributed by atoms with Gasteiger partial charge in [0, 0.05) is 17.1 Å². The molecule has 0 saturated carbocycles. The van der Waals surface area contributed by atoms with Crippen LogP contribution in [0.25, 0.3) is 22.2 Å². The van der Waals surface area contributed by atoms with Crippen LogP contribution in [0.4, 0.5) is 0 Å². The van der Waals surface area contributed by atoms with E-state index >= 15 is 0 Å². The van der Waals surface area contributed by atoms with Crippen LogP contribution in [0.15, 0.2) is 50.9 Å². The number of hydrogen-bond acceptors (Lipinski definition) is 5. The Bertz CT molecular complexity index is 848. The number of halogens is 1. The van der Waals surface area contributed by atoms with Gasteiger partial charge in [-0.15, -0.1) is 0 Å². The van der Waals surface area contributed by atoms with Crippen LogP contribution in [0.5, 0.6) is 0 Å². The molecule has 2 aromatic heterocycles. The number of rotatable bonds is 2. The Labute approximate surface area is 123 Å². The van der Waals surface area contributed by atoms with Gasteiger partial charge in [-0.3, -0.25) is 0 Å². The normalized spacial score (nSPS) is 10.9. The zero-order valence-corrected chi connectivity index (χ0v) is 12.0. The lowest BCUT2D eigenvalue weighted by Crippen LogP contribution is -2.04. The van der Waals surface area contributed by atoms with Gasteiger partial charge in [0.15, 0.2) is 10.7 Å². The van der Waals surface area contributed by atoms with Gasteiger partial charge in [0.25, 0.3) is 0 Å². The van der Waals surface area contributed by atoms with Gasteiger partial charge in [-0.05, 0) is 24.5 Å². The Hall–Kier alpha value is -1.85. The van der Waals surface area contributed by atoms with Crippen molar-refractivity contribution >= 4 is 34.3 Å². The standard InChI is InChI=1S/C14H9ClN2O2S/c1-20-14-16-7-8-6-11(19-13(18)12(8)17-14)9-4-2-3-5-10(9)15/h2-7H,1H3. The first kappa shape index (κ1) is 13.1. The molecule has 0 unspecified atom stereocenters. The van der Waals surface area contributed by atoms with E-state index in [2.05, 4.69) is 9.97 Å². The highest BCUT2D eigenvalue weighted by Crippen LogP contribution is 2.28. The molecule has 6 heteroatoms. The van der Waals surface area contributed by atoms with E-state index in [0.29, 0.717) is 26.9 Å². The molecule has 0 saturated heterocycles. The third-order valence-electron chi connectivity index (χ3n) is 2.80. The summed E-state index contributed by atoms with van der Waals surface area (Å²) < 4.78 is 5.32. The smallest absolute Gasteiger partial charge is 0.363 e. The van der Waals surface area contributed by atoms with Gasteiger partial charge < -0.3 is 4.42 Å². The molecular weight excluding hydrogens is 296 g/mol. The van der Waals surface area contributed by atoms with Crippen LogP contribution >= 0.6 is 23.4 Å². The maximum Gasteiger partial charge on any atom is 0.363 e. The molecule has 0 aliphatic heterocycles. The molecule has 0 atom stereocenters. The molecule has 2 heterocycles. The predicted molar refractivity (Wildman–Crippen MR) is 80.3 cm³/mol. The fourth-order valence-electron chi connectivity index (χ4n) is 1.86. The van der Waals surface area contributed by atoms with E-state index < -0.39 is 5.63 Å². The average molecular weight is 305 g/mol. The average Bonchev–Trinajstić information content (AvgIpc) is 2.47. The van der Waals surface area contributed by atoms with Crippen molar-refractivity contribution in [3.63, 3.8) is 0 Å². The molecule has 1 aromatic carbocycles. The highest BCUT2D eigenvalue weighted by Gasteiger charge is 2.11. The van der Waals surface area contributed by atoms with Crippen LogP contribution in [0.3, 0.4) is 0 Å². The summed E-state index contributed by atoms with van der Waals surface area (Å²) in [6.07, 6.45) is 3.46. The van der Waals surface area contributed by atoms with Crippen molar-refractivity contribution in [2.45, 2.75) is 5.16 Å². The third-order valence-corrected chi connectivity index (χ3v) is 3.69. The van der Waals surface area contributed by atoms with Crippen molar-refractivity contribution < 1.29 is 4.42 Å². The van der Waals surface area contributed by atoms with E-state index in [9.17, 15) is 4.79 Å². The quantitative estimate of drug-likeness (QED) is 0.534. The Kier molecular flexibility index (Phi) is 3.46. The fraction of sp³-hybridized carbons (Fsp3) is 0.0714. The number of fused-ring (bicyclic) bond motifs is 1. The van der Waals surface area contributed by atoms with E-state index in [-0.39, 0.29) is 5.52 Å². The molecule has 0 N–H and O–H groups in total. The molecule has 0 fully saturated rings. The minimum absolute atomic E-state index is 0.278. The van der Waals surface area contributed by atoms with Gasteiger partial charge in [0.1, 0.15) is 5.76 Å². The lowest BCUT2D eigenvalue weighted by atomic mass is 10.1. The second-order valence-corrected chi connectivity index (χ2v) is 5.22. The number of thioether (sulfide) groups is 1. The Balaban J connectivity index is 2.26. The summed E-state index contributed by atoms with van der Waals surface area (Å²) in [7, 11) is 0. The summed E-state index contributed by atoms with van der Waals surface area (Å²) in [5.41, 5.74) is 0.456. The third kappa shape index (κ3) is 2.30. The van der Waals surface area contributed by atoms with Crippen molar-refractivity contribution in [2.24, 2.45) is 0 Å². The fourth-order valence-corrected chi connectivity index (χ4v) is 2.42. The first-order chi connectivity index (χ1) is 9.69. The molecule has 100 valence electrons. The maximum atomic E-state index is 12.0. The number of aromatic nitrogens is 2. The molecular formula is C14H9ClN2O2S. The zero-order valence-electron chi connectivity index (χ0n) is 10.5. The monoisotopic (exact) mass is 304 g/mol.